The first-order valence-corrected chi connectivity index (χ1v) is 7.79. The van der Waals surface area contributed by atoms with Crippen LogP contribution in [0.1, 0.15) is 41.4 Å². The van der Waals surface area contributed by atoms with Gasteiger partial charge < -0.3 is 9.47 Å². The molecule has 130 valence electrons. The van der Waals surface area contributed by atoms with Crippen molar-refractivity contribution in [2.24, 2.45) is 0 Å². The number of imide groups is 2. The van der Waals surface area contributed by atoms with Crippen LogP contribution in [0.2, 0.25) is 0 Å². The second-order valence-electron chi connectivity index (χ2n) is 5.62. The second kappa shape index (κ2) is 5.99. The monoisotopic (exact) mass is 352 g/mol. The van der Waals surface area contributed by atoms with E-state index < -0.39 is 23.6 Å². The molecule has 2 N–H and O–H groups in total. The highest BCUT2D eigenvalue weighted by atomic mass is 16.5. The first-order valence-electron chi connectivity index (χ1n) is 7.79. The Morgan fingerprint density at radius 3 is 1.46 bits per heavy atom. The maximum Gasteiger partial charge on any atom is 0.262 e. The van der Waals surface area contributed by atoms with Gasteiger partial charge in [0.1, 0.15) is 24.7 Å². The van der Waals surface area contributed by atoms with Crippen LogP contribution >= 0.6 is 0 Å². The maximum atomic E-state index is 11.8. The predicted octanol–water partition coefficient (Wildman–Crippen LogP) is 0.912. The van der Waals surface area contributed by atoms with E-state index in [1.54, 1.807) is 36.4 Å². The van der Waals surface area contributed by atoms with Crippen molar-refractivity contribution in [2.75, 3.05) is 13.2 Å². The summed E-state index contributed by atoms with van der Waals surface area (Å²) in [6.07, 6.45) is 0. The molecular weight excluding hydrogens is 340 g/mol. The lowest BCUT2D eigenvalue weighted by molar-refractivity contribution is 0.0860. The van der Waals surface area contributed by atoms with Gasteiger partial charge in [0.25, 0.3) is 23.6 Å². The van der Waals surface area contributed by atoms with Gasteiger partial charge in [-0.15, -0.1) is 0 Å². The lowest BCUT2D eigenvalue weighted by Gasteiger charge is -2.11. The standard InChI is InChI=1S/C18H12N2O6/c21-15-9-3-1-5-11(13(9)17(23)19-15)25-7-8-26-12-6-2-4-10-14(12)18(24)20-16(10)22/h1-6H,7-8H2,(H,19,21,23)(H,20,22,24). The molecule has 4 amide bonds. The van der Waals surface area contributed by atoms with Gasteiger partial charge in [0.15, 0.2) is 0 Å². The van der Waals surface area contributed by atoms with E-state index >= 15 is 0 Å². The summed E-state index contributed by atoms with van der Waals surface area (Å²) in [4.78, 5) is 46.9. The zero-order valence-electron chi connectivity index (χ0n) is 13.3. The van der Waals surface area contributed by atoms with Crippen molar-refractivity contribution in [3.05, 3.63) is 58.7 Å². The minimum Gasteiger partial charge on any atom is -0.489 e. The van der Waals surface area contributed by atoms with Gasteiger partial charge in [-0.1, -0.05) is 12.1 Å². The molecule has 0 bridgehead atoms. The number of benzene rings is 2. The molecule has 0 atom stereocenters. The Kier molecular flexibility index (Phi) is 3.65. The Hall–Kier alpha value is -3.68. The van der Waals surface area contributed by atoms with Crippen LogP contribution in [-0.2, 0) is 0 Å². The molecule has 8 nitrogen and oxygen atoms in total. The van der Waals surface area contributed by atoms with Crippen molar-refractivity contribution in [1.82, 2.24) is 10.6 Å². The van der Waals surface area contributed by atoms with Crippen molar-refractivity contribution in [3.8, 4) is 11.5 Å². The zero-order chi connectivity index (χ0) is 18.3. The molecule has 0 aromatic heterocycles. The first-order chi connectivity index (χ1) is 12.6. The summed E-state index contributed by atoms with van der Waals surface area (Å²) in [5.41, 5.74) is 0.931. The van der Waals surface area contributed by atoms with Crippen LogP contribution < -0.4 is 20.1 Å². The molecule has 26 heavy (non-hydrogen) atoms. The third-order valence-electron chi connectivity index (χ3n) is 4.05. The van der Waals surface area contributed by atoms with Gasteiger partial charge in [0, 0.05) is 0 Å². The third-order valence-corrected chi connectivity index (χ3v) is 4.05. The molecule has 2 aliphatic heterocycles. The van der Waals surface area contributed by atoms with Crippen molar-refractivity contribution < 1.29 is 28.7 Å². The van der Waals surface area contributed by atoms with E-state index in [0.29, 0.717) is 0 Å². The van der Waals surface area contributed by atoms with Gasteiger partial charge in [-0.3, -0.25) is 29.8 Å². The molecule has 0 saturated carbocycles. The number of nitrogens with one attached hydrogen (secondary N) is 2. The van der Waals surface area contributed by atoms with Crippen LogP contribution in [0.5, 0.6) is 11.5 Å². The first kappa shape index (κ1) is 15.8. The Balaban J connectivity index is 1.44. The Morgan fingerprint density at radius 2 is 1.04 bits per heavy atom. The summed E-state index contributed by atoms with van der Waals surface area (Å²) in [5, 5.41) is 4.42. The van der Waals surface area contributed by atoms with E-state index in [1.165, 1.54) is 0 Å². The zero-order valence-corrected chi connectivity index (χ0v) is 13.3. The number of ether oxygens (including phenoxy) is 2. The van der Waals surface area contributed by atoms with Gasteiger partial charge in [0.05, 0.1) is 22.3 Å². The summed E-state index contributed by atoms with van der Waals surface area (Å²) < 4.78 is 11.1. The molecule has 0 fully saturated rings. The highest BCUT2D eigenvalue weighted by Gasteiger charge is 2.31. The van der Waals surface area contributed by atoms with Crippen molar-refractivity contribution in [2.45, 2.75) is 0 Å². The molecule has 2 aliphatic rings. The van der Waals surface area contributed by atoms with Crippen molar-refractivity contribution in [3.63, 3.8) is 0 Å². The summed E-state index contributed by atoms with van der Waals surface area (Å²) in [5.74, 6) is -1.36. The van der Waals surface area contributed by atoms with Gasteiger partial charge >= 0.3 is 0 Å². The molecule has 2 aromatic carbocycles. The van der Waals surface area contributed by atoms with E-state index in [1.807, 2.05) is 0 Å². The van der Waals surface area contributed by atoms with E-state index in [0.717, 1.165) is 0 Å². The Bertz CT molecular complexity index is 902. The number of hydrogen-bond acceptors (Lipinski definition) is 6. The highest BCUT2D eigenvalue weighted by molar-refractivity contribution is 6.23. The van der Waals surface area contributed by atoms with Gasteiger partial charge in [-0.2, -0.15) is 0 Å². The summed E-state index contributed by atoms with van der Waals surface area (Å²) in [6, 6.07) is 9.50. The molecule has 0 spiro atoms. The fourth-order valence-electron chi connectivity index (χ4n) is 2.92. The second-order valence-corrected chi connectivity index (χ2v) is 5.62. The number of carbonyl (C=O) groups excluding carboxylic acids is 4. The average Bonchev–Trinajstić information content (AvgIpc) is 3.09. The fourth-order valence-corrected chi connectivity index (χ4v) is 2.92. The van der Waals surface area contributed by atoms with Crippen LogP contribution in [0, 0.1) is 0 Å². The van der Waals surface area contributed by atoms with Crippen LogP contribution in [0.3, 0.4) is 0 Å². The number of carbonyl (C=O) groups is 4. The smallest absolute Gasteiger partial charge is 0.262 e. The molecule has 0 unspecified atom stereocenters. The van der Waals surface area contributed by atoms with E-state index in [4.69, 9.17) is 9.47 Å². The minimum absolute atomic E-state index is 0.0805. The molecule has 2 heterocycles. The van der Waals surface area contributed by atoms with E-state index in [9.17, 15) is 19.2 Å². The topological polar surface area (TPSA) is 111 Å². The lowest BCUT2D eigenvalue weighted by Crippen LogP contribution is -2.20. The van der Waals surface area contributed by atoms with Crippen LogP contribution in [0.4, 0.5) is 0 Å². The average molecular weight is 352 g/mol. The molecule has 4 rings (SSSR count). The summed E-state index contributed by atoms with van der Waals surface area (Å²) in [6.45, 7) is 0.161. The van der Waals surface area contributed by atoms with Gasteiger partial charge in [0.2, 0.25) is 0 Å². The van der Waals surface area contributed by atoms with Crippen molar-refractivity contribution >= 4 is 23.6 Å². The highest BCUT2D eigenvalue weighted by Crippen LogP contribution is 2.27. The Labute approximate surface area is 147 Å². The predicted molar refractivity (Wildman–Crippen MR) is 87.5 cm³/mol. The number of hydrogen-bond donors (Lipinski definition) is 2. The van der Waals surface area contributed by atoms with Crippen LogP contribution in [0.25, 0.3) is 0 Å². The molecule has 0 radical (unpaired) electrons. The molecule has 0 aliphatic carbocycles. The summed E-state index contributed by atoms with van der Waals surface area (Å²) in [7, 11) is 0. The number of rotatable bonds is 5. The lowest BCUT2D eigenvalue weighted by atomic mass is 10.1. The summed E-state index contributed by atoms with van der Waals surface area (Å²) >= 11 is 0. The number of amides is 4. The molecular formula is C18H12N2O6. The van der Waals surface area contributed by atoms with Crippen LogP contribution in [-0.4, -0.2) is 36.8 Å². The molecule has 2 aromatic rings. The largest absolute Gasteiger partial charge is 0.489 e. The maximum absolute atomic E-state index is 11.8. The number of fused-ring (bicyclic) bond motifs is 2. The van der Waals surface area contributed by atoms with Gasteiger partial charge in [-0.25, -0.2) is 0 Å². The molecule has 8 heteroatoms. The van der Waals surface area contributed by atoms with E-state index in [-0.39, 0.29) is 47.0 Å². The normalized spacial score (nSPS) is 14.6. The SMILES string of the molecule is O=C1NC(=O)c2c(OCCOc3cccc4c3C(=O)NC4=O)cccc21. The fraction of sp³-hybridized carbons (Fsp3) is 0.111. The van der Waals surface area contributed by atoms with Crippen molar-refractivity contribution in [1.29, 1.82) is 0 Å². The quantitative estimate of drug-likeness (QED) is 0.611. The Morgan fingerprint density at radius 1 is 0.615 bits per heavy atom. The van der Waals surface area contributed by atoms with E-state index in [2.05, 4.69) is 10.6 Å². The van der Waals surface area contributed by atoms with Crippen LogP contribution in [0.15, 0.2) is 36.4 Å². The van der Waals surface area contributed by atoms with Gasteiger partial charge in [-0.05, 0) is 24.3 Å². The third kappa shape index (κ3) is 2.48. The molecule has 0 saturated heterocycles. The minimum atomic E-state index is -0.502.